The molecule has 1 aromatic rings. The molecule has 0 saturated heterocycles. The minimum atomic E-state index is -0.313. The molecule has 82 valence electrons. The molecule has 0 saturated carbocycles. The fraction of sp³-hybridized carbons (Fsp3) is 0.444. The first-order chi connectivity index (χ1) is 6.93. The van der Waals surface area contributed by atoms with Gasteiger partial charge in [0.05, 0.1) is 22.8 Å². The molecule has 1 amide bonds. The van der Waals surface area contributed by atoms with E-state index in [1.165, 1.54) is 6.20 Å². The van der Waals surface area contributed by atoms with Crippen LogP contribution in [0.5, 0.6) is 0 Å². The molecule has 1 rings (SSSR count). The van der Waals surface area contributed by atoms with E-state index in [0.717, 1.165) is 5.69 Å². The predicted octanol–water partition coefficient (Wildman–Crippen LogP) is 0.133. The molecule has 6 heteroatoms. The van der Waals surface area contributed by atoms with Gasteiger partial charge in [-0.1, -0.05) is 12.2 Å². The standard InChI is InChI=1S/C9H14N4OS/c1-5(8(10)15)12-9(14)7-4-11-13(3)6(7)2/h4-5H,1-3H3,(H2,10,15)(H,12,14). The van der Waals surface area contributed by atoms with Gasteiger partial charge in [-0.3, -0.25) is 9.48 Å². The fourth-order valence-corrected chi connectivity index (χ4v) is 1.13. The number of amides is 1. The van der Waals surface area contributed by atoms with Crippen molar-refractivity contribution in [3.63, 3.8) is 0 Å². The van der Waals surface area contributed by atoms with Crippen molar-refractivity contribution >= 4 is 23.1 Å². The highest BCUT2D eigenvalue weighted by Gasteiger charge is 2.15. The number of aryl methyl sites for hydroxylation is 1. The lowest BCUT2D eigenvalue weighted by Gasteiger charge is -2.11. The number of hydrogen-bond acceptors (Lipinski definition) is 3. The maximum Gasteiger partial charge on any atom is 0.255 e. The summed E-state index contributed by atoms with van der Waals surface area (Å²) in [6.07, 6.45) is 1.52. The Labute approximate surface area is 93.6 Å². The van der Waals surface area contributed by atoms with Crippen LogP contribution in [-0.4, -0.2) is 26.7 Å². The Hall–Kier alpha value is -1.43. The lowest BCUT2D eigenvalue weighted by molar-refractivity contribution is 0.0948. The smallest absolute Gasteiger partial charge is 0.255 e. The van der Waals surface area contributed by atoms with Gasteiger partial charge in [-0.2, -0.15) is 5.10 Å². The molecule has 0 aromatic carbocycles. The molecule has 0 aliphatic carbocycles. The molecule has 0 spiro atoms. The SMILES string of the molecule is Cc1c(C(=O)NC(C)C(N)=S)cnn1C. The molecule has 1 heterocycles. The first kappa shape index (κ1) is 11.6. The van der Waals surface area contributed by atoms with Crippen molar-refractivity contribution in [1.82, 2.24) is 15.1 Å². The van der Waals surface area contributed by atoms with E-state index in [9.17, 15) is 4.79 Å². The molecule has 0 aliphatic rings. The van der Waals surface area contributed by atoms with E-state index in [4.69, 9.17) is 18.0 Å². The van der Waals surface area contributed by atoms with Gasteiger partial charge in [-0.25, -0.2) is 0 Å². The summed E-state index contributed by atoms with van der Waals surface area (Å²) in [5.74, 6) is -0.207. The Balaban J connectivity index is 2.78. The second-order valence-corrected chi connectivity index (χ2v) is 3.84. The molecular formula is C9H14N4OS. The number of hydrogen-bond donors (Lipinski definition) is 2. The Kier molecular flexibility index (Phi) is 3.41. The summed E-state index contributed by atoms with van der Waals surface area (Å²) < 4.78 is 1.64. The number of nitrogens with one attached hydrogen (secondary N) is 1. The van der Waals surface area contributed by atoms with Gasteiger partial charge in [0, 0.05) is 12.7 Å². The van der Waals surface area contributed by atoms with Crippen LogP contribution < -0.4 is 11.1 Å². The molecule has 1 unspecified atom stereocenters. The summed E-state index contributed by atoms with van der Waals surface area (Å²) in [7, 11) is 1.78. The summed E-state index contributed by atoms with van der Waals surface area (Å²) in [6.45, 7) is 3.57. The first-order valence-corrected chi connectivity index (χ1v) is 4.93. The molecule has 1 atom stereocenters. The maximum atomic E-state index is 11.7. The third-order valence-electron chi connectivity index (χ3n) is 2.25. The largest absolute Gasteiger partial charge is 0.392 e. The summed E-state index contributed by atoms with van der Waals surface area (Å²) in [5.41, 5.74) is 6.75. The molecule has 0 fully saturated rings. The van der Waals surface area contributed by atoms with E-state index in [1.54, 1.807) is 18.7 Å². The van der Waals surface area contributed by atoms with Crippen LogP contribution in [0.25, 0.3) is 0 Å². The number of aromatic nitrogens is 2. The van der Waals surface area contributed by atoms with Crippen LogP contribution in [0, 0.1) is 6.92 Å². The van der Waals surface area contributed by atoms with E-state index < -0.39 is 0 Å². The second kappa shape index (κ2) is 4.39. The first-order valence-electron chi connectivity index (χ1n) is 4.52. The Morgan fingerprint density at radius 2 is 2.33 bits per heavy atom. The van der Waals surface area contributed by atoms with Gasteiger partial charge in [0.1, 0.15) is 0 Å². The minimum Gasteiger partial charge on any atom is -0.392 e. The van der Waals surface area contributed by atoms with E-state index >= 15 is 0 Å². The number of rotatable bonds is 3. The van der Waals surface area contributed by atoms with Crippen LogP contribution in [0.1, 0.15) is 23.0 Å². The molecule has 0 bridgehead atoms. The van der Waals surface area contributed by atoms with Crippen LogP contribution in [-0.2, 0) is 7.05 Å². The summed E-state index contributed by atoms with van der Waals surface area (Å²) in [6, 6.07) is -0.313. The lowest BCUT2D eigenvalue weighted by Crippen LogP contribution is -2.41. The monoisotopic (exact) mass is 226 g/mol. The molecular weight excluding hydrogens is 212 g/mol. The quantitative estimate of drug-likeness (QED) is 0.719. The average molecular weight is 226 g/mol. The third-order valence-corrected chi connectivity index (χ3v) is 2.61. The molecule has 15 heavy (non-hydrogen) atoms. The van der Waals surface area contributed by atoms with E-state index in [2.05, 4.69) is 10.4 Å². The predicted molar refractivity (Wildman–Crippen MR) is 61.7 cm³/mol. The van der Waals surface area contributed by atoms with Gasteiger partial charge in [0.25, 0.3) is 5.91 Å². The van der Waals surface area contributed by atoms with Crippen molar-refractivity contribution in [2.24, 2.45) is 12.8 Å². The fourth-order valence-electron chi connectivity index (χ4n) is 1.07. The zero-order valence-electron chi connectivity index (χ0n) is 8.94. The number of thiocarbonyl (C=S) groups is 1. The van der Waals surface area contributed by atoms with Crippen LogP contribution >= 0.6 is 12.2 Å². The number of carbonyl (C=O) groups excluding carboxylic acids is 1. The highest BCUT2D eigenvalue weighted by molar-refractivity contribution is 7.80. The lowest BCUT2D eigenvalue weighted by atomic mass is 10.2. The minimum absolute atomic E-state index is 0.207. The van der Waals surface area contributed by atoms with Crippen LogP contribution in [0.15, 0.2) is 6.20 Å². The van der Waals surface area contributed by atoms with Crippen LogP contribution in [0.3, 0.4) is 0 Å². The van der Waals surface area contributed by atoms with Gasteiger partial charge < -0.3 is 11.1 Å². The highest BCUT2D eigenvalue weighted by atomic mass is 32.1. The molecule has 3 N–H and O–H groups in total. The third kappa shape index (κ3) is 2.53. The van der Waals surface area contributed by atoms with E-state index in [-0.39, 0.29) is 16.9 Å². The van der Waals surface area contributed by atoms with Crippen molar-refractivity contribution in [2.45, 2.75) is 19.9 Å². The highest BCUT2D eigenvalue weighted by Crippen LogP contribution is 2.05. The van der Waals surface area contributed by atoms with Crippen LogP contribution in [0.4, 0.5) is 0 Å². The van der Waals surface area contributed by atoms with Gasteiger partial charge in [0.15, 0.2) is 0 Å². The maximum absolute atomic E-state index is 11.7. The Morgan fingerprint density at radius 3 is 2.73 bits per heavy atom. The molecule has 1 aromatic heterocycles. The zero-order valence-corrected chi connectivity index (χ0v) is 9.76. The van der Waals surface area contributed by atoms with Crippen molar-refractivity contribution < 1.29 is 4.79 Å². The zero-order chi connectivity index (χ0) is 11.6. The Bertz CT molecular complexity index is 399. The second-order valence-electron chi connectivity index (χ2n) is 3.36. The number of carbonyl (C=O) groups is 1. The summed E-state index contributed by atoms with van der Waals surface area (Å²) in [5, 5.41) is 6.67. The summed E-state index contributed by atoms with van der Waals surface area (Å²) >= 11 is 4.77. The molecule has 0 aliphatic heterocycles. The molecule has 0 radical (unpaired) electrons. The number of nitrogens with two attached hydrogens (primary N) is 1. The average Bonchev–Trinajstić information content (AvgIpc) is 2.47. The van der Waals surface area contributed by atoms with Crippen LogP contribution in [0.2, 0.25) is 0 Å². The van der Waals surface area contributed by atoms with Gasteiger partial charge in [0.2, 0.25) is 0 Å². The van der Waals surface area contributed by atoms with Gasteiger partial charge in [-0.05, 0) is 13.8 Å². The van der Waals surface area contributed by atoms with E-state index in [1.807, 2.05) is 6.92 Å². The normalized spacial score (nSPS) is 12.2. The topological polar surface area (TPSA) is 72.9 Å². The van der Waals surface area contributed by atoms with Gasteiger partial charge in [-0.15, -0.1) is 0 Å². The van der Waals surface area contributed by atoms with Crippen molar-refractivity contribution in [3.05, 3.63) is 17.5 Å². The van der Waals surface area contributed by atoms with Crippen molar-refractivity contribution in [1.29, 1.82) is 0 Å². The number of nitrogens with zero attached hydrogens (tertiary/aromatic N) is 2. The van der Waals surface area contributed by atoms with Gasteiger partial charge >= 0.3 is 0 Å². The molecule has 5 nitrogen and oxygen atoms in total. The van der Waals surface area contributed by atoms with E-state index in [0.29, 0.717) is 5.56 Å². The van der Waals surface area contributed by atoms with Crippen molar-refractivity contribution in [2.75, 3.05) is 0 Å². The summed E-state index contributed by atoms with van der Waals surface area (Å²) in [4.78, 5) is 12.0. The van der Waals surface area contributed by atoms with Crippen molar-refractivity contribution in [3.8, 4) is 0 Å². The Morgan fingerprint density at radius 1 is 1.73 bits per heavy atom.